The maximum Gasteiger partial charge on any atom is 0.523 e. The summed E-state index contributed by atoms with van der Waals surface area (Å²) in [4.78, 5) is 26.6. The topological polar surface area (TPSA) is 90.0 Å². The Morgan fingerprint density at radius 1 is 1.27 bits per heavy atom. The molecule has 0 unspecified atom stereocenters. The molecule has 3 rings (SSSR count). The maximum absolute atomic E-state index is 12.7. The highest BCUT2D eigenvalue weighted by Crippen LogP contribution is 2.58. The number of carbonyl (C=O) groups excluding carboxylic acids is 2. The van der Waals surface area contributed by atoms with Gasteiger partial charge in [0.05, 0.1) is 6.61 Å². The molecule has 166 valence electrons. The Balaban J connectivity index is 1.72. The number of halogens is 4. The van der Waals surface area contributed by atoms with E-state index in [9.17, 15) is 31.2 Å². The van der Waals surface area contributed by atoms with Crippen molar-refractivity contribution in [2.75, 3.05) is 6.61 Å². The smallest absolute Gasteiger partial charge is 0.459 e. The van der Waals surface area contributed by atoms with Crippen LogP contribution in [0.25, 0.3) is 0 Å². The van der Waals surface area contributed by atoms with Gasteiger partial charge in [-0.05, 0) is 19.4 Å². The number of fused-ring (bicyclic) bond motifs is 1. The van der Waals surface area contributed by atoms with E-state index >= 15 is 0 Å². The van der Waals surface area contributed by atoms with Crippen LogP contribution in [-0.4, -0.2) is 57.8 Å². The third-order valence-corrected chi connectivity index (χ3v) is 8.72. The molecule has 0 radical (unpaired) electrons. The largest absolute Gasteiger partial charge is 0.523 e. The van der Waals surface area contributed by atoms with Gasteiger partial charge in [-0.1, -0.05) is 46.3 Å². The van der Waals surface area contributed by atoms with Crippen LogP contribution in [0.4, 0.5) is 13.2 Å². The van der Waals surface area contributed by atoms with Crippen molar-refractivity contribution in [3.63, 3.8) is 0 Å². The fraction of sp³-hybridized carbons (Fsp3) is 0.529. The molecule has 1 aromatic rings. The molecule has 1 aromatic carbocycles. The number of rotatable bonds is 6. The molecule has 2 aliphatic rings. The Labute approximate surface area is 183 Å². The van der Waals surface area contributed by atoms with E-state index in [4.69, 9.17) is 4.74 Å². The lowest BCUT2D eigenvalue weighted by atomic mass is 9.92. The molecule has 30 heavy (non-hydrogen) atoms. The van der Waals surface area contributed by atoms with Crippen LogP contribution in [-0.2, 0) is 35.2 Å². The predicted octanol–water partition coefficient (Wildman–Crippen LogP) is 2.79. The molecule has 3 atom stereocenters. The monoisotopic (exact) mass is 531 g/mol. The van der Waals surface area contributed by atoms with Gasteiger partial charge < -0.3 is 9.64 Å². The first-order valence-corrected chi connectivity index (χ1v) is 11.6. The molecular weight excluding hydrogens is 515 g/mol. The SMILES string of the molecule is CC1(C)S[C@H]2N(C(=O)[C@@]2(Br)COS(=O)(=O)C(F)(F)F)[C@H]1C(=O)OCc1ccccc1. The highest BCUT2D eigenvalue weighted by Gasteiger charge is 2.71. The number of hydrogen-bond donors (Lipinski definition) is 0. The van der Waals surface area contributed by atoms with Crippen molar-refractivity contribution in [2.24, 2.45) is 0 Å². The summed E-state index contributed by atoms with van der Waals surface area (Å²) in [5, 5.41) is -0.808. The lowest BCUT2D eigenvalue weighted by Gasteiger charge is -2.49. The Kier molecular flexibility index (Phi) is 5.98. The van der Waals surface area contributed by atoms with Gasteiger partial charge in [0.15, 0.2) is 4.32 Å². The molecule has 2 heterocycles. The maximum atomic E-state index is 12.7. The summed E-state index contributed by atoms with van der Waals surface area (Å²) < 4.78 is 66.8. The summed E-state index contributed by atoms with van der Waals surface area (Å²) in [5.74, 6) is -1.41. The van der Waals surface area contributed by atoms with Gasteiger partial charge in [0.2, 0.25) is 5.91 Å². The number of β-lactam (4-membered cyclic amide) rings is 1. The molecule has 13 heteroatoms. The molecule has 0 saturated carbocycles. The van der Waals surface area contributed by atoms with Crippen molar-refractivity contribution in [3.8, 4) is 0 Å². The van der Waals surface area contributed by atoms with E-state index in [1.165, 1.54) is 4.90 Å². The summed E-state index contributed by atoms with van der Waals surface area (Å²) in [5.41, 5.74) is -4.85. The molecule has 2 fully saturated rings. The molecule has 2 saturated heterocycles. The number of alkyl halides is 4. The van der Waals surface area contributed by atoms with Crippen molar-refractivity contribution in [2.45, 2.75) is 46.4 Å². The quantitative estimate of drug-likeness (QED) is 0.183. The zero-order valence-electron chi connectivity index (χ0n) is 15.7. The van der Waals surface area contributed by atoms with Gasteiger partial charge >= 0.3 is 21.6 Å². The average Bonchev–Trinajstić information content (AvgIpc) is 2.93. The molecule has 0 spiro atoms. The first-order chi connectivity index (χ1) is 13.7. The first kappa shape index (κ1) is 23.4. The van der Waals surface area contributed by atoms with Crippen molar-refractivity contribution >= 4 is 49.7 Å². The Bertz CT molecular complexity index is 956. The van der Waals surface area contributed by atoms with Crippen LogP contribution in [0.15, 0.2) is 30.3 Å². The van der Waals surface area contributed by atoms with E-state index in [0.717, 1.165) is 17.3 Å². The van der Waals surface area contributed by atoms with E-state index in [1.54, 1.807) is 38.1 Å². The minimum Gasteiger partial charge on any atom is -0.459 e. The molecule has 7 nitrogen and oxygen atoms in total. The van der Waals surface area contributed by atoms with Crippen LogP contribution >= 0.6 is 27.7 Å². The highest BCUT2D eigenvalue weighted by atomic mass is 79.9. The first-order valence-electron chi connectivity index (χ1n) is 8.56. The molecule has 2 aliphatic heterocycles. The van der Waals surface area contributed by atoms with Gasteiger partial charge in [0.1, 0.15) is 18.0 Å². The Morgan fingerprint density at radius 2 is 1.87 bits per heavy atom. The third kappa shape index (κ3) is 3.96. The number of hydrogen-bond acceptors (Lipinski definition) is 7. The summed E-state index contributed by atoms with van der Waals surface area (Å²) in [7, 11) is -5.86. The summed E-state index contributed by atoms with van der Waals surface area (Å²) in [6.07, 6.45) is 0. The lowest BCUT2D eigenvalue weighted by molar-refractivity contribution is -0.165. The molecular formula is C17H17BrF3NO6S2. The summed E-state index contributed by atoms with van der Waals surface area (Å²) >= 11 is 4.19. The molecule has 0 aliphatic carbocycles. The van der Waals surface area contributed by atoms with Crippen molar-refractivity contribution in [3.05, 3.63) is 35.9 Å². The minimum atomic E-state index is -5.86. The highest BCUT2D eigenvalue weighted by molar-refractivity contribution is 9.10. The van der Waals surface area contributed by atoms with E-state index in [1.807, 2.05) is 6.07 Å². The second-order valence-corrected chi connectivity index (χ2v) is 12.1. The van der Waals surface area contributed by atoms with Crippen LogP contribution in [0.5, 0.6) is 0 Å². The summed E-state index contributed by atoms with van der Waals surface area (Å²) in [6.45, 7) is 2.33. The second-order valence-electron chi connectivity index (χ2n) is 7.31. The van der Waals surface area contributed by atoms with Crippen LogP contribution in [0.3, 0.4) is 0 Å². The second kappa shape index (κ2) is 7.68. The van der Waals surface area contributed by atoms with Crippen LogP contribution in [0.2, 0.25) is 0 Å². The van der Waals surface area contributed by atoms with Crippen LogP contribution < -0.4 is 0 Å². The van der Waals surface area contributed by atoms with Crippen LogP contribution in [0.1, 0.15) is 19.4 Å². The fourth-order valence-electron chi connectivity index (χ4n) is 3.24. The summed E-state index contributed by atoms with van der Waals surface area (Å²) in [6, 6.07) is 7.90. The van der Waals surface area contributed by atoms with Gasteiger partial charge in [-0.2, -0.15) is 21.6 Å². The van der Waals surface area contributed by atoms with E-state index < -0.39 is 54.6 Å². The number of nitrogens with zero attached hydrogens (tertiary/aromatic N) is 1. The van der Waals surface area contributed by atoms with Gasteiger partial charge in [-0.25, -0.2) is 4.79 Å². The number of esters is 1. The zero-order valence-corrected chi connectivity index (χ0v) is 18.9. The van der Waals surface area contributed by atoms with Crippen LogP contribution in [0, 0.1) is 0 Å². The third-order valence-electron chi connectivity index (χ3n) is 4.74. The molecule has 1 amide bonds. The number of thioether (sulfide) groups is 1. The average molecular weight is 532 g/mol. The number of amides is 1. The Hall–Kier alpha value is -1.31. The van der Waals surface area contributed by atoms with E-state index in [2.05, 4.69) is 20.1 Å². The van der Waals surface area contributed by atoms with Crippen molar-refractivity contribution in [1.29, 1.82) is 0 Å². The standard InChI is InChI=1S/C17H17BrF3NO6S2/c1-15(2)11(12(23)27-8-10-6-4-3-5-7-10)22-13(24)16(18,14(22)29-15)9-28-30(25,26)17(19,20)21/h3-7,11,14H,8-9H2,1-2H3/t11-,14+,16-/m0/s1. The van der Waals surface area contributed by atoms with Gasteiger partial charge in [0.25, 0.3) is 0 Å². The Morgan fingerprint density at radius 3 is 2.43 bits per heavy atom. The van der Waals surface area contributed by atoms with Crippen molar-refractivity contribution in [1.82, 2.24) is 4.90 Å². The number of benzene rings is 1. The molecule has 0 aromatic heterocycles. The van der Waals surface area contributed by atoms with Gasteiger partial charge in [-0.15, -0.1) is 11.8 Å². The lowest BCUT2D eigenvalue weighted by Crippen LogP contribution is -2.72. The molecule has 0 N–H and O–H groups in total. The predicted molar refractivity (Wildman–Crippen MR) is 105 cm³/mol. The molecule has 0 bridgehead atoms. The normalized spacial score (nSPS) is 28.1. The van der Waals surface area contributed by atoms with E-state index in [0.29, 0.717) is 0 Å². The number of carbonyl (C=O) groups is 2. The van der Waals surface area contributed by atoms with Crippen molar-refractivity contribution < 1.29 is 40.1 Å². The minimum absolute atomic E-state index is 0.00396. The zero-order chi connectivity index (χ0) is 22.5. The van der Waals surface area contributed by atoms with Gasteiger partial charge in [-0.3, -0.25) is 8.98 Å². The number of ether oxygens (including phenoxy) is 1. The van der Waals surface area contributed by atoms with E-state index in [-0.39, 0.29) is 6.61 Å². The van der Waals surface area contributed by atoms with Gasteiger partial charge in [0, 0.05) is 4.75 Å². The fourth-order valence-corrected chi connectivity index (χ4v) is 6.29.